The van der Waals surface area contributed by atoms with Gasteiger partial charge in [0.15, 0.2) is 6.67 Å². The third-order valence-electron chi connectivity index (χ3n) is 5.56. The van der Waals surface area contributed by atoms with Crippen LogP contribution in [0.3, 0.4) is 0 Å². The molecule has 3 N–H and O–H groups in total. The number of nitrogens with zero attached hydrogens (tertiary/aromatic N) is 1. The van der Waals surface area contributed by atoms with Gasteiger partial charge >= 0.3 is 5.69 Å². The minimum Gasteiger partial charge on any atom is -0.324 e. The topological polar surface area (TPSA) is 71.3 Å². The molecule has 0 saturated heterocycles. The Morgan fingerprint density at radius 2 is 1.71 bits per heavy atom. The second-order valence-corrected chi connectivity index (χ2v) is 7.29. The van der Waals surface area contributed by atoms with Crippen LogP contribution < -0.4 is 21.5 Å². The molecule has 1 aliphatic rings. The number of benzene rings is 2. The summed E-state index contributed by atoms with van der Waals surface area (Å²) in [5, 5.41) is 3.36. The van der Waals surface area contributed by atoms with Crippen LogP contribution in [0, 0.1) is 0 Å². The van der Waals surface area contributed by atoms with E-state index in [0.717, 1.165) is 12.0 Å². The number of hydrogen-bond acceptors (Lipinski definition) is 3. The van der Waals surface area contributed by atoms with Gasteiger partial charge in [-0.25, -0.2) is 4.79 Å². The van der Waals surface area contributed by atoms with Crippen molar-refractivity contribution in [2.75, 3.05) is 12.0 Å². The van der Waals surface area contributed by atoms with E-state index in [4.69, 9.17) is 0 Å². The van der Waals surface area contributed by atoms with Crippen molar-refractivity contribution in [3.05, 3.63) is 98.2 Å². The molecule has 3 aromatic rings. The van der Waals surface area contributed by atoms with E-state index in [1.807, 2.05) is 48.5 Å². The highest BCUT2D eigenvalue weighted by Crippen LogP contribution is 2.15. The number of rotatable bonds is 5. The molecule has 2 heterocycles. The first kappa shape index (κ1) is 18.3. The van der Waals surface area contributed by atoms with Gasteiger partial charge in [0.1, 0.15) is 24.0 Å². The van der Waals surface area contributed by atoms with Gasteiger partial charge in [0.25, 0.3) is 5.56 Å². The molecule has 1 aromatic heterocycles. The number of aromatic amines is 1. The van der Waals surface area contributed by atoms with E-state index in [9.17, 15) is 9.59 Å². The van der Waals surface area contributed by atoms with E-state index < -0.39 is 0 Å². The smallest absolute Gasteiger partial charge is 0.324 e. The SMILES string of the molecule is C[C@H](c1ccccc1)[NH+]1CNc2c(c(=O)[nH]c(=O)n2CCc2ccccc2)C1. The van der Waals surface area contributed by atoms with Crippen LogP contribution >= 0.6 is 0 Å². The third-order valence-corrected chi connectivity index (χ3v) is 5.56. The van der Waals surface area contributed by atoms with Crippen LogP contribution in [0.25, 0.3) is 0 Å². The Kier molecular flexibility index (Phi) is 5.12. The molecule has 1 unspecified atom stereocenters. The van der Waals surface area contributed by atoms with Crippen molar-refractivity contribution < 1.29 is 4.90 Å². The van der Waals surface area contributed by atoms with Crippen molar-refractivity contribution in [1.29, 1.82) is 0 Å². The van der Waals surface area contributed by atoms with E-state index >= 15 is 0 Å². The molecule has 6 heteroatoms. The van der Waals surface area contributed by atoms with E-state index in [2.05, 4.69) is 29.4 Å². The molecule has 144 valence electrons. The van der Waals surface area contributed by atoms with Gasteiger partial charge in [-0.05, 0) is 18.9 Å². The van der Waals surface area contributed by atoms with E-state index in [1.165, 1.54) is 10.5 Å². The van der Waals surface area contributed by atoms with Crippen LogP contribution in [0.1, 0.15) is 29.7 Å². The number of fused-ring (bicyclic) bond motifs is 1. The number of aromatic nitrogens is 2. The minimum atomic E-state index is -0.355. The summed E-state index contributed by atoms with van der Waals surface area (Å²) in [7, 11) is 0. The number of quaternary nitrogens is 1. The van der Waals surface area contributed by atoms with Crippen molar-refractivity contribution in [3.63, 3.8) is 0 Å². The Bertz CT molecular complexity index is 1060. The molecule has 0 amide bonds. The number of H-pyrrole nitrogens is 1. The molecule has 28 heavy (non-hydrogen) atoms. The molecule has 0 fully saturated rings. The first-order valence-corrected chi connectivity index (χ1v) is 9.67. The van der Waals surface area contributed by atoms with Crippen LogP contribution in [0.5, 0.6) is 0 Å². The number of nitrogens with one attached hydrogen (secondary N) is 3. The summed E-state index contributed by atoms with van der Waals surface area (Å²) in [6.07, 6.45) is 0.734. The summed E-state index contributed by atoms with van der Waals surface area (Å²) in [6.45, 7) is 3.94. The molecule has 2 atom stereocenters. The second-order valence-electron chi connectivity index (χ2n) is 7.29. The zero-order chi connectivity index (χ0) is 19.5. The molecule has 0 saturated carbocycles. The molecule has 1 aliphatic heterocycles. The zero-order valence-electron chi connectivity index (χ0n) is 15.9. The lowest BCUT2D eigenvalue weighted by Crippen LogP contribution is -3.12. The van der Waals surface area contributed by atoms with E-state index in [0.29, 0.717) is 31.1 Å². The molecule has 0 spiro atoms. The van der Waals surface area contributed by atoms with Crippen LogP contribution in [-0.4, -0.2) is 16.2 Å². The standard InChI is InChI=1S/C22H24N4O2/c1-16(18-10-6-3-7-11-18)25-14-19-20(23-15-25)26(22(28)24-21(19)27)13-12-17-8-4-2-5-9-17/h2-11,16,23H,12-15H2,1H3,(H,24,27,28)/p+1/t16-/m1/s1. The summed E-state index contributed by atoms with van der Waals surface area (Å²) in [4.78, 5) is 28.7. The normalized spacial score (nSPS) is 16.8. The van der Waals surface area contributed by atoms with Gasteiger partial charge in [-0.15, -0.1) is 0 Å². The second kappa shape index (κ2) is 7.86. The van der Waals surface area contributed by atoms with Gasteiger partial charge in [0.2, 0.25) is 0 Å². The van der Waals surface area contributed by atoms with Crippen molar-refractivity contribution in [1.82, 2.24) is 9.55 Å². The fourth-order valence-electron chi connectivity index (χ4n) is 3.85. The number of aryl methyl sites for hydroxylation is 1. The van der Waals surface area contributed by atoms with Gasteiger partial charge in [-0.3, -0.25) is 14.3 Å². The Hall–Kier alpha value is -3.12. The average molecular weight is 377 g/mol. The summed E-state index contributed by atoms with van der Waals surface area (Å²) >= 11 is 0. The van der Waals surface area contributed by atoms with Gasteiger partial charge in [0.05, 0.1) is 0 Å². The first-order chi connectivity index (χ1) is 13.6. The Balaban J connectivity index is 1.60. The lowest BCUT2D eigenvalue weighted by molar-refractivity contribution is -0.941. The molecule has 6 nitrogen and oxygen atoms in total. The highest BCUT2D eigenvalue weighted by atomic mass is 16.2. The maximum absolute atomic E-state index is 12.5. The largest absolute Gasteiger partial charge is 0.329 e. The summed E-state index contributed by atoms with van der Waals surface area (Å²) in [5.41, 5.74) is 2.40. The van der Waals surface area contributed by atoms with E-state index in [-0.39, 0.29) is 17.3 Å². The number of anilines is 1. The summed E-state index contributed by atoms with van der Waals surface area (Å²) in [6, 6.07) is 20.6. The molecular weight excluding hydrogens is 352 g/mol. The van der Waals surface area contributed by atoms with Gasteiger partial charge in [-0.1, -0.05) is 60.7 Å². The van der Waals surface area contributed by atoms with Crippen LogP contribution in [-0.2, 0) is 19.5 Å². The quantitative estimate of drug-likeness (QED) is 0.628. The Labute approximate surface area is 163 Å². The maximum atomic E-state index is 12.5. The average Bonchev–Trinajstić information content (AvgIpc) is 2.74. The Morgan fingerprint density at radius 1 is 1.04 bits per heavy atom. The lowest BCUT2D eigenvalue weighted by Gasteiger charge is -2.32. The fraction of sp³-hybridized carbons (Fsp3) is 0.273. The summed E-state index contributed by atoms with van der Waals surface area (Å²) in [5.74, 6) is 0.661. The first-order valence-electron chi connectivity index (χ1n) is 9.67. The Morgan fingerprint density at radius 3 is 2.43 bits per heavy atom. The van der Waals surface area contributed by atoms with Crippen LogP contribution in [0.4, 0.5) is 5.82 Å². The predicted molar refractivity (Wildman–Crippen MR) is 109 cm³/mol. The third kappa shape index (κ3) is 3.64. The highest BCUT2D eigenvalue weighted by molar-refractivity contribution is 5.44. The van der Waals surface area contributed by atoms with Gasteiger partial charge in [0, 0.05) is 12.1 Å². The monoisotopic (exact) mass is 377 g/mol. The highest BCUT2D eigenvalue weighted by Gasteiger charge is 2.29. The zero-order valence-corrected chi connectivity index (χ0v) is 15.9. The van der Waals surface area contributed by atoms with Crippen LogP contribution in [0.2, 0.25) is 0 Å². The predicted octanol–water partition coefficient (Wildman–Crippen LogP) is 1.31. The summed E-state index contributed by atoms with van der Waals surface area (Å²) < 4.78 is 1.66. The molecule has 2 aromatic carbocycles. The van der Waals surface area contributed by atoms with Crippen molar-refractivity contribution in [3.8, 4) is 0 Å². The van der Waals surface area contributed by atoms with Crippen molar-refractivity contribution >= 4 is 5.82 Å². The van der Waals surface area contributed by atoms with Crippen molar-refractivity contribution in [2.45, 2.75) is 32.5 Å². The van der Waals surface area contributed by atoms with Gasteiger partial charge < -0.3 is 10.2 Å². The van der Waals surface area contributed by atoms with Gasteiger partial charge in [-0.2, -0.15) is 0 Å². The van der Waals surface area contributed by atoms with E-state index in [1.54, 1.807) is 4.57 Å². The minimum absolute atomic E-state index is 0.242. The molecule has 0 bridgehead atoms. The molecular formula is C22H25N4O2+. The maximum Gasteiger partial charge on any atom is 0.329 e. The van der Waals surface area contributed by atoms with Crippen molar-refractivity contribution in [2.24, 2.45) is 0 Å². The molecule has 4 rings (SSSR count). The number of hydrogen-bond donors (Lipinski definition) is 3. The van der Waals surface area contributed by atoms with Crippen LogP contribution in [0.15, 0.2) is 70.3 Å². The molecule has 0 aliphatic carbocycles. The lowest BCUT2D eigenvalue weighted by atomic mass is 10.1. The molecule has 0 radical (unpaired) electrons. The fourth-order valence-corrected chi connectivity index (χ4v) is 3.85.